The van der Waals surface area contributed by atoms with Crippen LogP contribution in [0.3, 0.4) is 0 Å². The molecule has 0 saturated heterocycles. The summed E-state index contributed by atoms with van der Waals surface area (Å²) in [4.78, 5) is 0. The summed E-state index contributed by atoms with van der Waals surface area (Å²) in [5, 5.41) is 26.5. The van der Waals surface area contributed by atoms with Crippen LogP contribution in [0.15, 0.2) is 12.1 Å². The Morgan fingerprint density at radius 3 is 2.71 bits per heavy atom. The molecule has 0 saturated carbocycles. The van der Waals surface area contributed by atoms with Crippen LogP contribution >= 0.6 is 0 Å². The van der Waals surface area contributed by atoms with E-state index >= 15 is 0 Å². The Bertz CT molecular complexity index is 387. The maximum absolute atomic E-state index is 12.9. The lowest BCUT2D eigenvalue weighted by molar-refractivity contribution is 0.265. The van der Waals surface area contributed by atoms with Gasteiger partial charge in [-0.25, -0.2) is 4.39 Å². The molecule has 0 aliphatic carbocycles. The third-order valence-electron chi connectivity index (χ3n) is 1.83. The van der Waals surface area contributed by atoms with Gasteiger partial charge in [0.05, 0.1) is 18.2 Å². The Balaban J connectivity index is 3.26. The molecule has 0 spiro atoms. The van der Waals surface area contributed by atoms with Crippen LogP contribution < -0.4 is 5.73 Å². The molecule has 4 nitrogen and oxygen atoms in total. The van der Waals surface area contributed by atoms with Crippen LogP contribution in [0.2, 0.25) is 0 Å². The minimum atomic E-state index is -0.817. The highest BCUT2D eigenvalue weighted by Gasteiger charge is 2.14. The van der Waals surface area contributed by atoms with Crippen LogP contribution in [0.1, 0.15) is 17.2 Å². The lowest BCUT2D eigenvalue weighted by atomic mass is 10.0. The van der Waals surface area contributed by atoms with Crippen molar-refractivity contribution < 1.29 is 14.6 Å². The van der Waals surface area contributed by atoms with Gasteiger partial charge in [-0.3, -0.25) is 0 Å². The van der Waals surface area contributed by atoms with Crippen molar-refractivity contribution in [3.8, 4) is 11.8 Å². The first-order valence-corrected chi connectivity index (χ1v) is 3.89. The molecular weight excluding hydrogens is 187 g/mol. The molecule has 1 aromatic rings. The van der Waals surface area contributed by atoms with Gasteiger partial charge < -0.3 is 15.9 Å². The van der Waals surface area contributed by atoms with E-state index in [1.165, 1.54) is 0 Å². The van der Waals surface area contributed by atoms with Crippen LogP contribution in [-0.4, -0.2) is 16.8 Å². The molecule has 1 atom stereocenters. The number of aliphatic hydroxyl groups is 1. The summed E-state index contributed by atoms with van der Waals surface area (Å²) in [6, 6.07) is 2.74. The van der Waals surface area contributed by atoms with E-state index in [0.717, 1.165) is 12.1 Å². The third-order valence-corrected chi connectivity index (χ3v) is 1.83. The number of phenols is 1. The first kappa shape index (κ1) is 10.4. The molecule has 0 heterocycles. The van der Waals surface area contributed by atoms with E-state index in [4.69, 9.17) is 16.1 Å². The van der Waals surface area contributed by atoms with Gasteiger partial charge in [0.2, 0.25) is 0 Å². The number of hydrogen-bond donors (Lipinski definition) is 3. The summed E-state index contributed by atoms with van der Waals surface area (Å²) in [7, 11) is 0. The number of phenolic OH excluding ortho intramolecular Hbond substituents is 1. The monoisotopic (exact) mass is 196 g/mol. The fourth-order valence-corrected chi connectivity index (χ4v) is 1.06. The van der Waals surface area contributed by atoms with Gasteiger partial charge in [0, 0.05) is 11.6 Å². The summed E-state index contributed by atoms with van der Waals surface area (Å²) >= 11 is 0. The zero-order valence-electron chi connectivity index (χ0n) is 7.24. The molecule has 1 aromatic carbocycles. The lowest BCUT2D eigenvalue weighted by Gasteiger charge is -2.10. The molecule has 1 rings (SSSR count). The first-order chi connectivity index (χ1) is 6.60. The second-order valence-electron chi connectivity index (χ2n) is 2.79. The van der Waals surface area contributed by atoms with Crippen LogP contribution in [0.5, 0.6) is 5.75 Å². The number of aliphatic hydroxyl groups excluding tert-OH is 1. The largest absolute Gasteiger partial charge is 0.507 e. The fourth-order valence-electron chi connectivity index (χ4n) is 1.06. The van der Waals surface area contributed by atoms with Gasteiger partial charge in [-0.05, 0) is 6.07 Å². The second kappa shape index (κ2) is 4.05. The van der Waals surface area contributed by atoms with Crippen molar-refractivity contribution in [2.24, 2.45) is 5.73 Å². The Labute approximate surface area is 80.0 Å². The van der Waals surface area contributed by atoms with Crippen molar-refractivity contribution in [2.75, 3.05) is 6.61 Å². The van der Waals surface area contributed by atoms with E-state index in [9.17, 15) is 9.50 Å². The zero-order chi connectivity index (χ0) is 10.7. The van der Waals surface area contributed by atoms with Gasteiger partial charge in [0.15, 0.2) is 0 Å². The molecule has 4 N–H and O–H groups in total. The van der Waals surface area contributed by atoms with E-state index in [-0.39, 0.29) is 23.5 Å². The maximum atomic E-state index is 12.9. The Morgan fingerprint density at radius 1 is 1.57 bits per heavy atom. The van der Waals surface area contributed by atoms with E-state index in [1.54, 1.807) is 6.07 Å². The van der Waals surface area contributed by atoms with Crippen LogP contribution in [0, 0.1) is 17.1 Å². The number of nitriles is 1. The first-order valence-electron chi connectivity index (χ1n) is 3.89. The number of nitrogens with zero attached hydrogens (tertiary/aromatic N) is 1. The van der Waals surface area contributed by atoms with Crippen LogP contribution in [0.25, 0.3) is 0 Å². The van der Waals surface area contributed by atoms with Crippen LogP contribution in [0.4, 0.5) is 4.39 Å². The molecule has 0 fully saturated rings. The summed E-state index contributed by atoms with van der Waals surface area (Å²) < 4.78 is 12.9. The van der Waals surface area contributed by atoms with Gasteiger partial charge in [0.25, 0.3) is 0 Å². The Morgan fingerprint density at radius 2 is 2.21 bits per heavy atom. The van der Waals surface area contributed by atoms with Crippen LogP contribution in [-0.2, 0) is 0 Å². The molecule has 0 amide bonds. The van der Waals surface area contributed by atoms with Gasteiger partial charge >= 0.3 is 0 Å². The number of rotatable bonds is 2. The van der Waals surface area contributed by atoms with E-state index in [0.29, 0.717) is 0 Å². The molecule has 0 aromatic heterocycles. The molecule has 0 bridgehead atoms. The molecular formula is C9H9FN2O2. The van der Waals surface area contributed by atoms with Crippen molar-refractivity contribution in [1.82, 2.24) is 0 Å². The summed E-state index contributed by atoms with van der Waals surface area (Å²) in [6.07, 6.45) is 0. The van der Waals surface area contributed by atoms with Gasteiger partial charge in [-0.15, -0.1) is 0 Å². The highest BCUT2D eigenvalue weighted by molar-refractivity contribution is 5.43. The normalized spacial score (nSPS) is 12.1. The highest BCUT2D eigenvalue weighted by Crippen LogP contribution is 2.25. The lowest BCUT2D eigenvalue weighted by Crippen LogP contribution is -2.15. The topological polar surface area (TPSA) is 90.3 Å². The van der Waals surface area contributed by atoms with E-state index in [1.807, 2.05) is 0 Å². The number of aromatic hydroxyl groups is 1. The van der Waals surface area contributed by atoms with Crippen molar-refractivity contribution >= 4 is 0 Å². The predicted octanol–water partition coefficient (Wildman–Crippen LogP) is 0.395. The Kier molecular flexibility index (Phi) is 3.02. The van der Waals surface area contributed by atoms with Gasteiger partial charge in [-0.1, -0.05) is 0 Å². The fraction of sp³-hybridized carbons (Fsp3) is 0.222. The Hall–Kier alpha value is -1.64. The average Bonchev–Trinajstić information content (AvgIpc) is 2.17. The van der Waals surface area contributed by atoms with Gasteiger partial charge in [-0.2, -0.15) is 5.26 Å². The molecule has 0 unspecified atom stereocenters. The minimum absolute atomic E-state index is 0.158. The molecule has 74 valence electrons. The number of nitrogens with two attached hydrogens (primary N) is 1. The third kappa shape index (κ3) is 1.82. The van der Waals surface area contributed by atoms with Crippen molar-refractivity contribution in [2.45, 2.75) is 6.04 Å². The summed E-state index contributed by atoms with van der Waals surface area (Å²) in [5.74, 6) is -1.16. The zero-order valence-corrected chi connectivity index (χ0v) is 7.24. The molecule has 5 heteroatoms. The maximum Gasteiger partial charge on any atom is 0.144 e. The summed E-state index contributed by atoms with van der Waals surface area (Å²) in [6.45, 7) is -0.385. The highest BCUT2D eigenvalue weighted by atomic mass is 19.1. The average molecular weight is 196 g/mol. The smallest absolute Gasteiger partial charge is 0.144 e. The number of hydrogen-bond acceptors (Lipinski definition) is 4. The molecule has 0 aliphatic heterocycles. The number of benzene rings is 1. The van der Waals surface area contributed by atoms with Crippen molar-refractivity contribution in [3.63, 3.8) is 0 Å². The van der Waals surface area contributed by atoms with Crippen molar-refractivity contribution in [1.29, 1.82) is 5.26 Å². The minimum Gasteiger partial charge on any atom is -0.507 e. The van der Waals surface area contributed by atoms with E-state index in [2.05, 4.69) is 0 Å². The standard InChI is InChI=1S/C9H9FN2O2/c10-7-2-9(14)6(8(12)4-13)1-5(7)3-11/h1-2,8,13-14H,4,12H2/t8-/m1/s1. The summed E-state index contributed by atoms with van der Waals surface area (Å²) in [5.41, 5.74) is 5.38. The molecule has 0 aliphatic rings. The van der Waals surface area contributed by atoms with E-state index < -0.39 is 11.9 Å². The SMILES string of the molecule is N#Cc1cc([C@H](N)CO)c(O)cc1F. The van der Waals surface area contributed by atoms with Gasteiger partial charge in [0.1, 0.15) is 17.6 Å². The van der Waals surface area contributed by atoms with Crippen molar-refractivity contribution in [3.05, 3.63) is 29.1 Å². The molecule has 14 heavy (non-hydrogen) atoms. The number of halogens is 1. The predicted molar refractivity (Wildman–Crippen MR) is 46.8 cm³/mol. The quantitative estimate of drug-likeness (QED) is 0.638. The molecule has 0 radical (unpaired) electrons. The second-order valence-corrected chi connectivity index (χ2v) is 2.79.